The van der Waals surface area contributed by atoms with Crippen molar-refractivity contribution in [3.05, 3.63) is 68.3 Å². The van der Waals surface area contributed by atoms with E-state index < -0.39 is 0 Å². The molecule has 0 saturated heterocycles. The lowest BCUT2D eigenvalue weighted by Crippen LogP contribution is -2.41. The van der Waals surface area contributed by atoms with E-state index >= 15 is 0 Å². The van der Waals surface area contributed by atoms with Crippen LogP contribution in [-0.4, -0.2) is 4.40 Å². The van der Waals surface area contributed by atoms with Crippen molar-refractivity contribution >= 4 is 33.8 Å². The van der Waals surface area contributed by atoms with Crippen LogP contribution in [0.25, 0.3) is 33.8 Å². The van der Waals surface area contributed by atoms with E-state index in [0.717, 1.165) is 16.3 Å². The molecule has 0 aliphatic carbocycles. The van der Waals surface area contributed by atoms with E-state index in [1.54, 1.807) is 10.5 Å². The van der Waals surface area contributed by atoms with Gasteiger partial charge in [0.1, 0.15) is 0 Å². The molecule has 0 spiro atoms. The summed E-state index contributed by atoms with van der Waals surface area (Å²) >= 11 is 0. The van der Waals surface area contributed by atoms with Gasteiger partial charge in [-0.2, -0.15) is 0 Å². The molecular formula is C16H9NO2. The molecule has 4 rings (SSSR count). The Bertz CT molecular complexity index is 1110. The van der Waals surface area contributed by atoms with Crippen LogP contribution in [-0.2, 0) is 0 Å². The standard InChI is InChI=1S/C16H9NO2/c1-9-15(18)12-7-4-6-11-10-5-2-3-8-13(10)17(14(11)12)16(9)19/h2-8H,1H2. The van der Waals surface area contributed by atoms with Crippen molar-refractivity contribution in [2.75, 3.05) is 0 Å². The number of benzene rings is 2. The van der Waals surface area contributed by atoms with E-state index in [1.165, 1.54) is 0 Å². The number of hydrogen-bond donors (Lipinski definition) is 0. The van der Waals surface area contributed by atoms with Crippen molar-refractivity contribution in [2.24, 2.45) is 0 Å². The molecule has 90 valence electrons. The fraction of sp³-hybridized carbons (Fsp3) is 0. The number of hydrogen-bond acceptors (Lipinski definition) is 2. The van der Waals surface area contributed by atoms with Crippen molar-refractivity contribution in [3.63, 3.8) is 0 Å². The molecule has 0 aliphatic heterocycles. The molecule has 3 nitrogen and oxygen atoms in total. The van der Waals surface area contributed by atoms with E-state index in [0.29, 0.717) is 10.9 Å². The van der Waals surface area contributed by atoms with Gasteiger partial charge in [0.25, 0.3) is 5.56 Å². The number of pyridine rings is 1. The van der Waals surface area contributed by atoms with Gasteiger partial charge in [-0.15, -0.1) is 0 Å². The Kier molecular flexibility index (Phi) is 1.73. The second-order valence-electron chi connectivity index (χ2n) is 4.67. The lowest BCUT2D eigenvalue weighted by atomic mass is 10.1. The van der Waals surface area contributed by atoms with Gasteiger partial charge in [0, 0.05) is 16.2 Å². The van der Waals surface area contributed by atoms with Gasteiger partial charge in [0.2, 0.25) is 0 Å². The lowest BCUT2D eigenvalue weighted by molar-refractivity contribution is 1.15. The summed E-state index contributed by atoms with van der Waals surface area (Å²) in [6.45, 7) is 3.63. The Labute approximate surface area is 107 Å². The van der Waals surface area contributed by atoms with E-state index in [9.17, 15) is 9.59 Å². The third-order valence-electron chi connectivity index (χ3n) is 3.67. The van der Waals surface area contributed by atoms with Crippen molar-refractivity contribution in [2.45, 2.75) is 0 Å². The van der Waals surface area contributed by atoms with Crippen LogP contribution in [0.1, 0.15) is 0 Å². The minimum atomic E-state index is -0.324. The predicted molar refractivity (Wildman–Crippen MR) is 76.9 cm³/mol. The molecular weight excluding hydrogens is 238 g/mol. The molecule has 0 fully saturated rings. The van der Waals surface area contributed by atoms with Gasteiger partial charge >= 0.3 is 0 Å². The number of rotatable bonds is 0. The molecule has 4 aromatic rings. The Morgan fingerprint density at radius 2 is 1.53 bits per heavy atom. The smallest absolute Gasteiger partial charge is 0.266 e. The first-order chi connectivity index (χ1) is 9.20. The number of para-hydroxylation sites is 2. The van der Waals surface area contributed by atoms with Crippen molar-refractivity contribution in [3.8, 4) is 0 Å². The van der Waals surface area contributed by atoms with Gasteiger partial charge in [-0.1, -0.05) is 36.9 Å². The summed E-state index contributed by atoms with van der Waals surface area (Å²) in [6.07, 6.45) is 0. The first kappa shape index (κ1) is 10.3. The SMILES string of the molecule is C=c1c(=O)c2cccc3c4ccccc4n(c1=O)c23. The second kappa shape index (κ2) is 3.20. The molecule has 3 heteroatoms. The molecule has 0 atom stereocenters. The van der Waals surface area contributed by atoms with Crippen LogP contribution in [0.15, 0.2) is 52.1 Å². The first-order valence-electron chi connectivity index (χ1n) is 6.00. The fourth-order valence-corrected chi connectivity index (χ4v) is 2.81. The van der Waals surface area contributed by atoms with Gasteiger partial charge < -0.3 is 0 Å². The Morgan fingerprint density at radius 3 is 2.37 bits per heavy atom. The van der Waals surface area contributed by atoms with Crippen molar-refractivity contribution in [1.82, 2.24) is 4.40 Å². The summed E-state index contributed by atoms with van der Waals surface area (Å²) in [5, 5.41) is 2.50. The van der Waals surface area contributed by atoms with Gasteiger partial charge in [0.15, 0.2) is 5.43 Å². The topological polar surface area (TPSA) is 38.5 Å². The Hall–Kier alpha value is -2.68. The molecule has 0 unspecified atom stereocenters. The van der Waals surface area contributed by atoms with Gasteiger partial charge in [0.05, 0.1) is 16.3 Å². The van der Waals surface area contributed by atoms with Crippen LogP contribution in [0.4, 0.5) is 0 Å². The average Bonchev–Trinajstić information content (AvgIpc) is 2.78. The maximum Gasteiger partial charge on any atom is 0.266 e. The third kappa shape index (κ3) is 1.07. The summed E-state index contributed by atoms with van der Waals surface area (Å²) < 4.78 is 1.60. The average molecular weight is 247 g/mol. The fourth-order valence-electron chi connectivity index (χ4n) is 2.81. The zero-order chi connectivity index (χ0) is 13.1. The van der Waals surface area contributed by atoms with Crippen LogP contribution in [0.3, 0.4) is 0 Å². The zero-order valence-electron chi connectivity index (χ0n) is 10.0. The molecule has 2 heterocycles. The highest BCUT2D eigenvalue weighted by molar-refractivity contribution is 6.13. The van der Waals surface area contributed by atoms with Crippen LogP contribution < -0.4 is 16.2 Å². The molecule has 0 aliphatic rings. The summed E-state index contributed by atoms with van der Waals surface area (Å²) in [5.74, 6) is 0. The molecule has 0 bridgehead atoms. The monoisotopic (exact) mass is 247 g/mol. The van der Waals surface area contributed by atoms with Crippen LogP contribution in [0.2, 0.25) is 0 Å². The normalized spacial score (nSPS) is 11.8. The number of fused-ring (bicyclic) bond motifs is 3. The second-order valence-corrected chi connectivity index (χ2v) is 4.67. The molecule has 2 aromatic heterocycles. The quantitative estimate of drug-likeness (QED) is 0.472. The minimum absolute atomic E-state index is 0.0290. The lowest BCUT2D eigenvalue weighted by Gasteiger charge is -1.99. The Morgan fingerprint density at radius 1 is 0.842 bits per heavy atom. The maximum absolute atomic E-state index is 12.3. The molecule has 0 amide bonds. The summed E-state index contributed by atoms with van der Waals surface area (Å²) in [5.41, 5.74) is 0.926. The molecule has 2 aromatic carbocycles. The molecule has 0 saturated carbocycles. The summed E-state index contributed by atoms with van der Waals surface area (Å²) in [6, 6.07) is 13.2. The highest BCUT2D eigenvalue weighted by Crippen LogP contribution is 2.28. The predicted octanol–water partition coefficient (Wildman–Crippen LogP) is 1.53. The van der Waals surface area contributed by atoms with Gasteiger partial charge in [-0.25, -0.2) is 0 Å². The van der Waals surface area contributed by atoms with Crippen LogP contribution in [0, 0.1) is 0 Å². The summed E-state index contributed by atoms with van der Waals surface area (Å²) in [7, 11) is 0. The highest BCUT2D eigenvalue weighted by atomic mass is 16.1. The minimum Gasteiger partial charge on any atom is -0.288 e. The van der Waals surface area contributed by atoms with Crippen LogP contribution >= 0.6 is 0 Å². The Balaban J connectivity index is 2.64. The number of nitrogens with zero attached hydrogens (tertiary/aromatic N) is 1. The molecule has 0 N–H and O–H groups in total. The van der Waals surface area contributed by atoms with E-state index in [4.69, 9.17) is 0 Å². The highest BCUT2D eigenvalue weighted by Gasteiger charge is 2.15. The van der Waals surface area contributed by atoms with Crippen LogP contribution in [0.5, 0.6) is 0 Å². The summed E-state index contributed by atoms with van der Waals surface area (Å²) in [4.78, 5) is 24.5. The first-order valence-corrected chi connectivity index (χ1v) is 6.00. The van der Waals surface area contributed by atoms with Crippen molar-refractivity contribution < 1.29 is 0 Å². The molecule has 19 heavy (non-hydrogen) atoms. The third-order valence-corrected chi connectivity index (χ3v) is 3.67. The zero-order valence-corrected chi connectivity index (χ0v) is 10.0. The van der Waals surface area contributed by atoms with E-state index in [2.05, 4.69) is 6.58 Å². The maximum atomic E-state index is 12.3. The number of aromatic nitrogens is 1. The molecule has 0 radical (unpaired) electrons. The van der Waals surface area contributed by atoms with E-state index in [1.807, 2.05) is 36.4 Å². The van der Waals surface area contributed by atoms with Gasteiger partial charge in [-0.05, 0) is 12.1 Å². The van der Waals surface area contributed by atoms with E-state index in [-0.39, 0.29) is 16.2 Å². The van der Waals surface area contributed by atoms with Crippen molar-refractivity contribution in [1.29, 1.82) is 0 Å². The van der Waals surface area contributed by atoms with Gasteiger partial charge in [-0.3, -0.25) is 14.0 Å². The largest absolute Gasteiger partial charge is 0.288 e.